The molecule has 0 spiro atoms. The second-order valence-electron chi connectivity index (χ2n) is 5.00. The molecule has 0 N–H and O–H groups in total. The molecule has 0 fully saturated rings. The third-order valence-electron chi connectivity index (χ3n) is 3.50. The average Bonchev–Trinajstić information content (AvgIpc) is 2.46. The van der Waals surface area contributed by atoms with Gasteiger partial charge in [-0.2, -0.15) is 0 Å². The quantitative estimate of drug-likeness (QED) is 0.797. The van der Waals surface area contributed by atoms with Crippen LogP contribution in [-0.4, -0.2) is 24.9 Å². The van der Waals surface area contributed by atoms with E-state index in [0.29, 0.717) is 6.54 Å². The van der Waals surface area contributed by atoms with Gasteiger partial charge >= 0.3 is 0 Å². The lowest BCUT2D eigenvalue weighted by Crippen LogP contribution is -2.35. The van der Waals surface area contributed by atoms with E-state index in [-0.39, 0.29) is 10.2 Å². The molecule has 0 radical (unpaired) electrons. The van der Waals surface area contributed by atoms with Crippen LogP contribution in [0.2, 0.25) is 5.28 Å². The zero-order chi connectivity index (χ0) is 15.0. The van der Waals surface area contributed by atoms with Gasteiger partial charge in [0.1, 0.15) is 4.90 Å². The number of halogens is 1. The Balaban J connectivity index is 2.07. The van der Waals surface area contributed by atoms with Gasteiger partial charge in [-0.3, -0.25) is 4.31 Å². The molecule has 0 saturated carbocycles. The Labute approximate surface area is 128 Å². The molecule has 0 atom stereocenters. The van der Waals surface area contributed by atoms with E-state index in [2.05, 4.69) is 9.97 Å². The summed E-state index contributed by atoms with van der Waals surface area (Å²) in [6.45, 7) is 2.46. The van der Waals surface area contributed by atoms with Gasteiger partial charge in [0.2, 0.25) is 5.28 Å². The van der Waals surface area contributed by atoms with Gasteiger partial charge in [0.05, 0.1) is 18.1 Å². The molecule has 0 saturated heterocycles. The summed E-state index contributed by atoms with van der Waals surface area (Å²) >= 11 is 5.62. The number of sulfonamides is 1. The second-order valence-corrected chi connectivity index (χ2v) is 7.20. The van der Waals surface area contributed by atoms with Gasteiger partial charge in [-0.05, 0) is 43.0 Å². The average molecular weight is 324 g/mol. The van der Waals surface area contributed by atoms with Crippen LogP contribution < -0.4 is 4.31 Å². The lowest BCUT2D eigenvalue weighted by molar-refractivity contribution is 0.585. The van der Waals surface area contributed by atoms with Gasteiger partial charge in [0.15, 0.2) is 0 Å². The number of hydrogen-bond donors (Lipinski definition) is 0. The maximum Gasteiger partial charge on any atom is 0.267 e. The summed E-state index contributed by atoms with van der Waals surface area (Å²) in [7, 11) is -3.66. The van der Waals surface area contributed by atoms with E-state index < -0.39 is 10.0 Å². The summed E-state index contributed by atoms with van der Waals surface area (Å²) in [4.78, 5) is 7.57. The molecule has 0 amide bonds. The molecule has 7 heteroatoms. The molecule has 0 aliphatic carbocycles. The highest BCUT2D eigenvalue weighted by atomic mass is 35.5. The van der Waals surface area contributed by atoms with Gasteiger partial charge in [0.25, 0.3) is 10.0 Å². The van der Waals surface area contributed by atoms with E-state index in [1.165, 1.54) is 16.7 Å². The predicted molar refractivity (Wildman–Crippen MR) is 81.1 cm³/mol. The van der Waals surface area contributed by atoms with Crippen molar-refractivity contribution < 1.29 is 8.42 Å². The van der Waals surface area contributed by atoms with Gasteiger partial charge in [-0.15, -0.1) is 0 Å². The Bertz CT molecular complexity index is 775. The summed E-state index contributed by atoms with van der Waals surface area (Å²) in [6.07, 6.45) is 4.17. The van der Waals surface area contributed by atoms with Crippen molar-refractivity contribution in [1.82, 2.24) is 9.97 Å². The number of benzene rings is 1. The molecule has 1 aliphatic heterocycles. The molecular formula is C14H14ClN3O2S. The number of anilines is 1. The van der Waals surface area contributed by atoms with Crippen molar-refractivity contribution in [2.24, 2.45) is 0 Å². The predicted octanol–water partition coefficient (Wildman–Crippen LogP) is 2.58. The molecule has 1 aromatic carbocycles. The first-order valence-corrected chi connectivity index (χ1v) is 8.40. The maximum atomic E-state index is 12.7. The molecule has 0 unspecified atom stereocenters. The number of nitrogens with zero attached hydrogens (tertiary/aromatic N) is 3. The SMILES string of the molecule is Cc1ccc2c(c1)CCCN2S(=O)(=O)c1cnc(Cl)nc1. The fourth-order valence-electron chi connectivity index (χ4n) is 2.50. The first-order valence-electron chi connectivity index (χ1n) is 6.58. The Morgan fingerprint density at radius 3 is 2.67 bits per heavy atom. The van der Waals surface area contributed by atoms with Crippen LogP contribution in [0.3, 0.4) is 0 Å². The van der Waals surface area contributed by atoms with Crippen LogP contribution in [0, 0.1) is 6.92 Å². The number of aryl methyl sites for hydroxylation is 2. The molecule has 0 bridgehead atoms. The summed E-state index contributed by atoms with van der Waals surface area (Å²) in [5, 5.41) is 0.0311. The third-order valence-corrected chi connectivity index (χ3v) is 5.46. The highest BCUT2D eigenvalue weighted by molar-refractivity contribution is 7.92. The summed E-state index contributed by atoms with van der Waals surface area (Å²) in [5.41, 5.74) is 2.92. The van der Waals surface area contributed by atoms with Crippen molar-refractivity contribution in [3.05, 3.63) is 47.0 Å². The van der Waals surface area contributed by atoms with Crippen molar-refractivity contribution in [2.75, 3.05) is 10.8 Å². The van der Waals surface area contributed by atoms with Crippen molar-refractivity contribution in [3.8, 4) is 0 Å². The van der Waals surface area contributed by atoms with Crippen molar-refractivity contribution in [3.63, 3.8) is 0 Å². The third kappa shape index (κ3) is 2.61. The number of rotatable bonds is 2. The fourth-order valence-corrected chi connectivity index (χ4v) is 4.03. The van der Waals surface area contributed by atoms with Gasteiger partial charge in [-0.25, -0.2) is 18.4 Å². The zero-order valence-electron chi connectivity index (χ0n) is 11.5. The Hall–Kier alpha value is -1.66. The van der Waals surface area contributed by atoms with Crippen LogP contribution in [0.1, 0.15) is 17.5 Å². The van der Waals surface area contributed by atoms with Crippen molar-refractivity contribution >= 4 is 27.3 Å². The molecular weight excluding hydrogens is 310 g/mol. The Kier molecular flexibility index (Phi) is 3.59. The Morgan fingerprint density at radius 1 is 1.24 bits per heavy atom. The van der Waals surface area contributed by atoms with Gasteiger partial charge in [-0.1, -0.05) is 17.7 Å². The summed E-state index contributed by atoms with van der Waals surface area (Å²) < 4.78 is 26.9. The normalized spacial score (nSPS) is 14.9. The number of fused-ring (bicyclic) bond motifs is 1. The van der Waals surface area contributed by atoms with Crippen molar-refractivity contribution in [2.45, 2.75) is 24.7 Å². The van der Waals surface area contributed by atoms with E-state index in [1.807, 2.05) is 25.1 Å². The topological polar surface area (TPSA) is 63.2 Å². The minimum Gasteiger partial charge on any atom is -0.266 e. The highest BCUT2D eigenvalue weighted by Crippen LogP contribution is 2.32. The lowest BCUT2D eigenvalue weighted by Gasteiger charge is -2.30. The molecule has 5 nitrogen and oxygen atoms in total. The number of aromatic nitrogens is 2. The molecule has 1 aromatic heterocycles. The minimum absolute atomic E-state index is 0.0311. The van der Waals surface area contributed by atoms with Gasteiger partial charge in [0, 0.05) is 6.54 Å². The van der Waals surface area contributed by atoms with Crippen LogP contribution in [0.5, 0.6) is 0 Å². The minimum atomic E-state index is -3.66. The second kappa shape index (κ2) is 5.27. The first-order chi connectivity index (χ1) is 9.98. The van der Waals surface area contributed by atoms with E-state index in [4.69, 9.17) is 11.6 Å². The molecule has 1 aliphatic rings. The largest absolute Gasteiger partial charge is 0.267 e. The highest BCUT2D eigenvalue weighted by Gasteiger charge is 2.29. The van der Waals surface area contributed by atoms with Crippen LogP contribution in [0.25, 0.3) is 0 Å². The zero-order valence-corrected chi connectivity index (χ0v) is 13.0. The fraction of sp³-hybridized carbons (Fsp3) is 0.286. The molecule has 3 rings (SSSR count). The molecule has 21 heavy (non-hydrogen) atoms. The van der Waals surface area contributed by atoms with Crippen molar-refractivity contribution in [1.29, 1.82) is 0 Å². The maximum absolute atomic E-state index is 12.7. The van der Waals surface area contributed by atoms with Gasteiger partial charge < -0.3 is 0 Å². The number of hydrogen-bond acceptors (Lipinski definition) is 4. The smallest absolute Gasteiger partial charge is 0.266 e. The molecule has 2 heterocycles. The van der Waals surface area contributed by atoms with Crippen LogP contribution in [-0.2, 0) is 16.4 Å². The van der Waals surface area contributed by atoms with E-state index >= 15 is 0 Å². The van der Waals surface area contributed by atoms with E-state index in [0.717, 1.165) is 29.7 Å². The monoisotopic (exact) mass is 323 g/mol. The lowest BCUT2D eigenvalue weighted by atomic mass is 10.0. The molecule has 110 valence electrons. The standard InChI is InChI=1S/C14H14ClN3O2S/c1-10-4-5-13-11(7-10)3-2-6-18(13)21(19,20)12-8-16-14(15)17-9-12/h4-5,7-9H,2-3,6H2,1H3. The van der Waals surface area contributed by atoms with Crippen LogP contribution in [0.4, 0.5) is 5.69 Å². The summed E-state index contributed by atoms with van der Waals surface area (Å²) in [5.74, 6) is 0. The van der Waals surface area contributed by atoms with Crippen LogP contribution >= 0.6 is 11.6 Å². The summed E-state index contributed by atoms with van der Waals surface area (Å²) in [6, 6.07) is 5.82. The van der Waals surface area contributed by atoms with E-state index in [1.54, 1.807) is 0 Å². The first kappa shape index (κ1) is 14.3. The molecule has 2 aromatic rings. The van der Waals surface area contributed by atoms with Crippen LogP contribution in [0.15, 0.2) is 35.5 Å². The Morgan fingerprint density at radius 2 is 1.95 bits per heavy atom. The van der Waals surface area contributed by atoms with E-state index in [9.17, 15) is 8.42 Å².